The van der Waals surface area contributed by atoms with Gasteiger partial charge in [0.05, 0.1) is 7.11 Å². The van der Waals surface area contributed by atoms with E-state index >= 15 is 0 Å². The summed E-state index contributed by atoms with van der Waals surface area (Å²) in [6.45, 7) is 5.13. The number of carbonyl (C=O) groups excluding carboxylic acids is 2. The molecule has 1 aliphatic heterocycles. The minimum Gasteiger partial charge on any atom is -0.467 e. The highest BCUT2D eigenvalue weighted by Crippen LogP contribution is 2.43. The van der Waals surface area contributed by atoms with Gasteiger partial charge in [0, 0.05) is 17.0 Å². The van der Waals surface area contributed by atoms with E-state index < -0.39 is 29.4 Å². The molecule has 2 unspecified atom stereocenters. The van der Waals surface area contributed by atoms with Gasteiger partial charge in [-0.05, 0) is 33.3 Å². The zero-order valence-electron chi connectivity index (χ0n) is 14.2. The molecular formula is C17H22ClNO5. The Labute approximate surface area is 146 Å². The zero-order valence-corrected chi connectivity index (χ0v) is 15.0. The van der Waals surface area contributed by atoms with Crippen molar-refractivity contribution in [2.75, 3.05) is 7.11 Å². The van der Waals surface area contributed by atoms with Gasteiger partial charge in [-0.25, -0.2) is 9.59 Å². The van der Waals surface area contributed by atoms with E-state index in [0.29, 0.717) is 10.6 Å². The molecule has 7 heteroatoms. The van der Waals surface area contributed by atoms with E-state index in [1.807, 2.05) is 0 Å². The summed E-state index contributed by atoms with van der Waals surface area (Å²) in [5.74, 6) is -0.608. The Balaban J connectivity index is 2.48. The van der Waals surface area contributed by atoms with Crippen LogP contribution in [-0.2, 0) is 20.0 Å². The molecule has 2 atom stereocenters. The molecule has 1 aliphatic rings. The molecule has 1 saturated heterocycles. The number of hydrogen-bond acceptors (Lipinski definition) is 5. The molecule has 1 fully saturated rings. The maximum Gasteiger partial charge on any atom is 0.413 e. The number of carbonyl (C=O) groups is 2. The Bertz CT molecular complexity index is 642. The Hall–Kier alpha value is -1.79. The molecule has 0 spiro atoms. The lowest BCUT2D eigenvalue weighted by atomic mass is 10.00. The van der Waals surface area contributed by atoms with E-state index in [-0.39, 0.29) is 12.8 Å². The number of amides is 1. The van der Waals surface area contributed by atoms with Crippen LogP contribution < -0.4 is 0 Å². The summed E-state index contributed by atoms with van der Waals surface area (Å²) in [6.07, 6.45) is -0.401. The average Bonchev–Trinajstić information content (AvgIpc) is 2.84. The van der Waals surface area contributed by atoms with Crippen molar-refractivity contribution in [1.82, 2.24) is 4.90 Å². The van der Waals surface area contributed by atoms with Gasteiger partial charge >= 0.3 is 12.1 Å². The Kier molecular flexibility index (Phi) is 5.11. The third-order valence-corrected chi connectivity index (χ3v) is 4.17. The molecular weight excluding hydrogens is 334 g/mol. The van der Waals surface area contributed by atoms with Crippen LogP contribution in [0.4, 0.5) is 4.79 Å². The van der Waals surface area contributed by atoms with Gasteiger partial charge in [0.1, 0.15) is 11.6 Å². The van der Waals surface area contributed by atoms with Crippen LogP contribution in [0.25, 0.3) is 0 Å². The van der Waals surface area contributed by atoms with Crippen LogP contribution in [-0.4, -0.2) is 40.8 Å². The molecule has 0 aromatic heterocycles. The van der Waals surface area contributed by atoms with Crippen LogP contribution in [0.15, 0.2) is 24.3 Å². The standard InChI is InChI=1S/C17H22ClNO5/c1-16(2,3)24-15(21)19-13(14(20)23-4)9-10-17(19,22)11-7-5-6-8-12(11)18/h5-8,13,22H,9-10H2,1-4H3. The Morgan fingerprint density at radius 2 is 1.96 bits per heavy atom. The number of ether oxygens (including phenoxy) is 2. The van der Waals surface area contributed by atoms with E-state index in [1.54, 1.807) is 45.0 Å². The van der Waals surface area contributed by atoms with Crippen molar-refractivity contribution in [3.8, 4) is 0 Å². The van der Waals surface area contributed by atoms with Gasteiger partial charge in [-0.2, -0.15) is 0 Å². The lowest BCUT2D eigenvalue weighted by Gasteiger charge is -2.37. The largest absolute Gasteiger partial charge is 0.467 e. The fraction of sp³-hybridized carbons (Fsp3) is 0.529. The molecule has 0 aliphatic carbocycles. The lowest BCUT2D eigenvalue weighted by molar-refractivity contribution is -0.154. The molecule has 1 aromatic rings. The van der Waals surface area contributed by atoms with Crippen LogP contribution in [0.2, 0.25) is 5.02 Å². The summed E-state index contributed by atoms with van der Waals surface area (Å²) in [5.41, 5.74) is -2.16. The van der Waals surface area contributed by atoms with Gasteiger partial charge < -0.3 is 14.6 Å². The molecule has 1 heterocycles. The van der Waals surface area contributed by atoms with E-state index in [4.69, 9.17) is 21.1 Å². The minimum absolute atomic E-state index is 0.149. The van der Waals surface area contributed by atoms with Crippen molar-refractivity contribution in [3.05, 3.63) is 34.9 Å². The number of methoxy groups -OCH3 is 1. The molecule has 2 rings (SSSR count). The second-order valence-corrected chi connectivity index (χ2v) is 7.13. The number of benzene rings is 1. The molecule has 0 saturated carbocycles. The molecule has 24 heavy (non-hydrogen) atoms. The van der Waals surface area contributed by atoms with Gasteiger partial charge in [0.25, 0.3) is 0 Å². The van der Waals surface area contributed by atoms with Crippen LogP contribution >= 0.6 is 11.6 Å². The summed E-state index contributed by atoms with van der Waals surface area (Å²) in [6, 6.07) is 5.73. The van der Waals surface area contributed by atoms with Crippen LogP contribution in [0.1, 0.15) is 39.2 Å². The first-order valence-corrected chi connectivity index (χ1v) is 8.05. The maximum atomic E-state index is 12.7. The van der Waals surface area contributed by atoms with Crippen LogP contribution in [0.5, 0.6) is 0 Å². The first-order valence-electron chi connectivity index (χ1n) is 7.67. The quantitative estimate of drug-likeness (QED) is 0.825. The highest BCUT2D eigenvalue weighted by atomic mass is 35.5. The Morgan fingerprint density at radius 1 is 1.33 bits per heavy atom. The summed E-state index contributed by atoms with van der Waals surface area (Å²) in [4.78, 5) is 25.8. The molecule has 0 bridgehead atoms. The summed E-state index contributed by atoms with van der Waals surface area (Å²) in [5, 5.41) is 11.5. The van der Waals surface area contributed by atoms with E-state index in [0.717, 1.165) is 4.90 Å². The van der Waals surface area contributed by atoms with Gasteiger partial charge in [0.15, 0.2) is 5.72 Å². The van der Waals surface area contributed by atoms with Crippen molar-refractivity contribution in [2.45, 2.75) is 51.0 Å². The van der Waals surface area contributed by atoms with Crippen molar-refractivity contribution >= 4 is 23.7 Å². The Morgan fingerprint density at radius 3 is 2.50 bits per heavy atom. The monoisotopic (exact) mass is 355 g/mol. The van der Waals surface area contributed by atoms with E-state index in [9.17, 15) is 14.7 Å². The first kappa shape index (κ1) is 18.5. The molecule has 1 amide bonds. The minimum atomic E-state index is -1.74. The SMILES string of the molecule is COC(=O)C1CCC(O)(c2ccccc2Cl)N1C(=O)OC(C)(C)C. The second-order valence-electron chi connectivity index (χ2n) is 6.72. The third kappa shape index (κ3) is 3.49. The van der Waals surface area contributed by atoms with Gasteiger partial charge in [0.2, 0.25) is 0 Å². The number of rotatable bonds is 2. The normalized spacial score (nSPS) is 23.9. The predicted octanol–water partition coefficient (Wildman–Crippen LogP) is 3.06. The number of likely N-dealkylation sites (tertiary alicyclic amines) is 1. The molecule has 1 aromatic carbocycles. The number of halogens is 1. The predicted molar refractivity (Wildman–Crippen MR) is 88.5 cm³/mol. The topological polar surface area (TPSA) is 76.1 Å². The van der Waals surface area contributed by atoms with Crippen molar-refractivity contribution in [2.24, 2.45) is 0 Å². The maximum absolute atomic E-state index is 12.7. The highest BCUT2D eigenvalue weighted by Gasteiger charge is 2.54. The fourth-order valence-electron chi connectivity index (χ4n) is 2.84. The van der Waals surface area contributed by atoms with E-state index in [2.05, 4.69) is 0 Å². The second kappa shape index (κ2) is 6.61. The van der Waals surface area contributed by atoms with Crippen LogP contribution in [0, 0.1) is 0 Å². The summed E-state index contributed by atoms with van der Waals surface area (Å²) < 4.78 is 10.2. The van der Waals surface area contributed by atoms with E-state index in [1.165, 1.54) is 7.11 Å². The number of nitrogens with zero attached hydrogens (tertiary/aromatic N) is 1. The van der Waals surface area contributed by atoms with Crippen molar-refractivity contribution in [1.29, 1.82) is 0 Å². The molecule has 132 valence electrons. The summed E-state index contributed by atoms with van der Waals surface area (Å²) in [7, 11) is 1.24. The fourth-order valence-corrected chi connectivity index (χ4v) is 3.13. The van der Waals surface area contributed by atoms with Gasteiger partial charge in [-0.3, -0.25) is 4.90 Å². The smallest absolute Gasteiger partial charge is 0.413 e. The highest BCUT2D eigenvalue weighted by molar-refractivity contribution is 6.31. The number of hydrogen-bond donors (Lipinski definition) is 1. The molecule has 0 radical (unpaired) electrons. The number of aliphatic hydroxyl groups is 1. The van der Waals surface area contributed by atoms with Gasteiger partial charge in [-0.15, -0.1) is 0 Å². The number of esters is 1. The van der Waals surface area contributed by atoms with Crippen molar-refractivity contribution < 1.29 is 24.2 Å². The molecule has 1 N–H and O–H groups in total. The molecule has 6 nitrogen and oxygen atoms in total. The van der Waals surface area contributed by atoms with Gasteiger partial charge in [-0.1, -0.05) is 29.8 Å². The van der Waals surface area contributed by atoms with Crippen LogP contribution in [0.3, 0.4) is 0 Å². The summed E-state index contributed by atoms with van der Waals surface area (Å²) >= 11 is 6.20. The lowest BCUT2D eigenvalue weighted by Crippen LogP contribution is -2.53. The first-order chi connectivity index (χ1) is 11.1. The van der Waals surface area contributed by atoms with Crippen molar-refractivity contribution in [3.63, 3.8) is 0 Å². The zero-order chi connectivity index (χ0) is 18.1. The third-order valence-electron chi connectivity index (χ3n) is 3.85. The average molecular weight is 356 g/mol.